The van der Waals surface area contributed by atoms with Crippen molar-refractivity contribution < 1.29 is 14.6 Å². The van der Waals surface area contributed by atoms with E-state index in [4.69, 9.17) is 4.74 Å². The molecule has 126 valence electrons. The molecule has 1 amide bonds. The van der Waals surface area contributed by atoms with Gasteiger partial charge in [-0.25, -0.2) is 0 Å². The fraction of sp³-hybridized carbons (Fsp3) is 0.350. The molecule has 0 bridgehead atoms. The smallest absolute Gasteiger partial charge is 0.223 e. The lowest BCUT2D eigenvalue weighted by Gasteiger charge is -2.29. The van der Waals surface area contributed by atoms with E-state index >= 15 is 0 Å². The van der Waals surface area contributed by atoms with Crippen LogP contribution >= 0.6 is 0 Å². The highest BCUT2D eigenvalue weighted by molar-refractivity contribution is 5.78. The quantitative estimate of drug-likeness (QED) is 0.940. The van der Waals surface area contributed by atoms with Crippen LogP contribution in [-0.2, 0) is 9.53 Å². The largest absolute Gasteiger partial charge is 0.508 e. The van der Waals surface area contributed by atoms with Crippen molar-refractivity contribution in [2.24, 2.45) is 0 Å². The van der Waals surface area contributed by atoms with E-state index in [1.807, 2.05) is 54.3 Å². The van der Waals surface area contributed by atoms with E-state index in [1.165, 1.54) is 0 Å². The predicted molar refractivity (Wildman–Crippen MR) is 93.1 cm³/mol. The average Bonchev–Trinajstić information content (AvgIpc) is 2.61. The van der Waals surface area contributed by atoms with E-state index in [0.717, 1.165) is 16.7 Å². The highest BCUT2D eigenvalue weighted by Crippen LogP contribution is 2.34. The number of benzene rings is 2. The molecule has 0 radical (unpaired) electrons. The summed E-state index contributed by atoms with van der Waals surface area (Å²) in [7, 11) is 0. The van der Waals surface area contributed by atoms with Gasteiger partial charge in [-0.05, 0) is 24.1 Å². The van der Waals surface area contributed by atoms with E-state index in [-0.39, 0.29) is 17.6 Å². The number of amides is 1. The maximum atomic E-state index is 12.7. The van der Waals surface area contributed by atoms with Gasteiger partial charge in [-0.3, -0.25) is 4.79 Å². The Labute approximate surface area is 142 Å². The Kier molecular flexibility index (Phi) is 5.16. The van der Waals surface area contributed by atoms with Crippen molar-refractivity contribution in [3.05, 3.63) is 65.2 Å². The van der Waals surface area contributed by atoms with Crippen LogP contribution in [0.1, 0.15) is 29.0 Å². The van der Waals surface area contributed by atoms with Crippen LogP contribution in [-0.4, -0.2) is 42.2 Å². The zero-order valence-corrected chi connectivity index (χ0v) is 13.9. The van der Waals surface area contributed by atoms with Crippen molar-refractivity contribution in [2.75, 3.05) is 26.3 Å². The van der Waals surface area contributed by atoms with Gasteiger partial charge in [0.15, 0.2) is 0 Å². The van der Waals surface area contributed by atoms with Gasteiger partial charge in [0.25, 0.3) is 0 Å². The zero-order chi connectivity index (χ0) is 16.9. The van der Waals surface area contributed by atoms with Crippen molar-refractivity contribution in [1.29, 1.82) is 0 Å². The van der Waals surface area contributed by atoms with E-state index in [0.29, 0.717) is 32.7 Å². The predicted octanol–water partition coefficient (Wildman–Crippen LogP) is 3.08. The molecule has 0 aromatic heterocycles. The second kappa shape index (κ2) is 7.49. The van der Waals surface area contributed by atoms with Crippen molar-refractivity contribution in [1.82, 2.24) is 4.90 Å². The molecule has 1 saturated heterocycles. The van der Waals surface area contributed by atoms with Gasteiger partial charge in [0.05, 0.1) is 13.2 Å². The number of carbonyl (C=O) groups is 1. The zero-order valence-electron chi connectivity index (χ0n) is 13.9. The second-order valence-corrected chi connectivity index (χ2v) is 6.22. The van der Waals surface area contributed by atoms with Crippen LogP contribution in [0.3, 0.4) is 0 Å². The molecule has 0 aliphatic carbocycles. The molecule has 2 aromatic carbocycles. The highest BCUT2D eigenvalue weighted by atomic mass is 16.5. The number of phenols is 1. The van der Waals surface area contributed by atoms with Gasteiger partial charge in [0, 0.05) is 31.0 Å². The number of hydrogen-bond acceptors (Lipinski definition) is 3. The molecule has 3 rings (SSSR count). The van der Waals surface area contributed by atoms with Gasteiger partial charge in [0.2, 0.25) is 5.91 Å². The molecule has 0 unspecified atom stereocenters. The van der Waals surface area contributed by atoms with Crippen LogP contribution in [0.2, 0.25) is 0 Å². The van der Waals surface area contributed by atoms with Gasteiger partial charge in [-0.15, -0.1) is 0 Å². The number of hydrogen-bond donors (Lipinski definition) is 1. The maximum Gasteiger partial charge on any atom is 0.223 e. The van der Waals surface area contributed by atoms with E-state index < -0.39 is 0 Å². The molecule has 1 atom stereocenters. The number of rotatable bonds is 4. The minimum atomic E-state index is -0.151. The number of aromatic hydroxyl groups is 1. The van der Waals surface area contributed by atoms with Gasteiger partial charge in [0.1, 0.15) is 5.75 Å². The molecule has 1 N–H and O–H groups in total. The van der Waals surface area contributed by atoms with Gasteiger partial charge >= 0.3 is 0 Å². The third kappa shape index (κ3) is 3.77. The van der Waals surface area contributed by atoms with Crippen molar-refractivity contribution in [3.63, 3.8) is 0 Å². The fourth-order valence-corrected chi connectivity index (χ4v) is 3.16. The minimum absolute atomic E-state index is 0.104. The van der Waals surface area contributed by atoms with Crippen molar-refractivity contribution in [3.8, 4) is 5.75 Å². The Balaban J connectivity index is 1.89. The molecule has 1 aliphatic rings. The third-order valence-electron chi connectivity index (χ3n) is 4.51. The lowest BCUT2D eigenvalue weighted by atomic mass is 9.87. The molecular formula is C20H23NO3. The number of nitrogens with zero attached hydrogens (tertiary/aromatic N) is 1. The molecule has 4 heteroatoms. The Morgan fingerprint density at radius 1 is 1.17 bits per heavy atom. The topological polar surface area (TPSA) is 49.8 Å². The number of morpholine rings is 1. The summed E-state index contributed by atoms with van der Waals surface area (Å²) >= 11 is 0. The summed E-state index contributed by atoms with van der Waals surface area (Å²) in [5.41, 5.74) is 2.84. The molecular weight excluding hydrogens is 302 g/mol. The summed E-state index contributed by atoms with van der Waals surface area (Å²) in [6, 6.07) is 15.6. The summed E-state index contributed by atoms with van der Waals surface area (Å²) < 4.78 is 5.32. The van der Waals surface area contributed by atoms with Crippen LogP contribution < -0.4 is 0 Å². The molecule has 1 fully saturated rings. The van der Waals surface area contributed by atoms with Gasteiger partial charge < -0.3 is 14.7 Å². The monoisotopic (exact) mass is 325 g/mol. The van der Waals surface area contributed by atoms with Crippen LogP contribution in [0.25, 0.3) is 0 Å². The fourth-order valence-electron chi connectivity index (χ4n) is 3.16. The number of phenolic OH excluding ortho intramolecular Hbond substituents is 1. The molecule has 0 spiro atoms. The average molecular weight is 325 g/mol. The molecule has 1 heterocycles. The first kappa shape index (κ1) is 16.5. The van der Waals surface area contributed by atoms with E-state index in [2.05, 4.69) is 0 Å². The normalized spacial score (nSPS) is 16.0. The van der Waals surface area contributed by atoms with Crippen LogP contribution in [0, 0.1) is 6.92 Å². The van der Waals surface area contributed by atoms with Crippen LogP contribution in [0.15, 0.2) is 48.5 Å². The van der Waals surface area contributed by atoms with Gasteiger partial charge in [-0.2, -0.15) is 0 Å². The molecule has 2 aromatic rings. The summed E-state index contributed by atoms with van der Waals surface area (Å²) in [5, 5.41) is 10.4. The summed E-state index contributed by atoms with van der Waals surface area (Å²) in [6.07, 6.45) is 0.348. The molecule has 1 aliphatic heterocycles. The Hall–Kier alpha value is -2.33. The minimum Gasteiger partial charge on any atom is -0.508 e. The lowest BCUT2D eigenvalue weighted by molar-refractivity contribution is -0.135. The lowest BCUT2D eigenvalue weighted by Crippen LogP contribution is -2.41. The number of aryl methyl sites for hydroxylation is 1. The SMILES string of the molecule is Cc1ccc([C@H](CC(=O)N2CCOCC2)c2ccccc2)c(O)c1. The standard InChI is InChI=1S/C20H23NO3/c1-15-7-8-17(19(22)13-15)18(16-5-3-2-4-6-16)14-20(23)21-9-11-24-12-10-21/h2-8,13,18,22H,9-12,14H2,1H3/t18-/m1/s1. The Morgan fingerprint density at radius 2 is 1.88 bits per heavy atom. The van der Waals surface area contributed by atoms with Crippen molar-refractivity contribution >= 4 is 5.91 Å². The van der Waals surface area contributed by atoms with Crippen LogP contribution in [0.5, 0.6) is 5.75 Å². The molecule has 0 saturated carbocycles. The summed E-state index contributed by atoms with van der Waals surface area (Å²) in [5.74, 6) is 0.202. The van der Waals surface area contributed by atoms with Crippen LogP contribution in [0.4, 0.5) is 0 Å². The summed E-state index contributed by atoms with van der Waals surface area (Å²) in [4.78, 5) is 14.6. The second-order valence-electron chi connectivity index (χ2n) is 6.22. The van der Waals surface area contributed by atoms with Gasteiger partial charge in [-0.1, -0.05) is 42.5 Å². The number of ether oxygens (including phenoxy) is 1. The van der Waals surface area contributed by atoms with E-state index in [1.54, 1.807) is 6.07 Å². The number of carbonyl (C=O) groups excluding carboxylic acids is 1. The van der Waals surface area contributed by atoms with Crippen molar-refractivity contribution in [2.45, 2.75) is 19.3 Å². The Morgan fingerprint density at radius 3 is 2.54 bits per heavy atom. The highest BCUT2D eigenvalue weighted by Gasteiger charge is 2.25. The Bertz CT molecular complexity index is 693. The third-order valence-corrected chi connectivity index (χ3v) is 4.51. The maximum absolute atomic E-state index is 12.7. The first-order chi connectivity index (χ1) is 11.6. The first-order valence-electron chi connectivity index (χ1n) is 8.35. The molecule has 4 nitrogen and oxygen atoms in total. The first-order valence-corrected chi connectivity index (χ1v) is 8.35. The summed E-state index contributed by atoms with van der Waals surface area (Å²) in [6.45, 7) is 4.41. The molecule has 24 heavy (non-hydrogen) atoms. The van der Waals surface area contributed by atoms with E-state index in [9.17, 15) is 9.90 Å².